The summed E-state index contributed by atoms with van der Waals surface area (Å²) in [5, 5.41) is 0. The zero-order valence-electron chi connectivity index (χ0n) is 22.6. The lowest BCUT2D eigenvalue weighted by atomic mass is 9.82. The van der Waals surface area contributed by atoms with Gasteiger partial charge in [-0.05, 0) is 105 Å². The number of pyridine rings is 1. The van der Waals surface area contributed by atoms with Crippen LogP contribution in [0.3, 0.4) is 0 Å². The number of halogens is 2. The minimum Gasteiger partial charge on any atom is -0.464 e. The maximum Gasteiger partial charge on any atom is 0.356 e. The van der Waals surface area contributed by atoms with Crippen molar-refractivity contribution in [3.8, 4) is 0 Å². The molecule has 5 rings (SSSR count). The lowest BCUT2D eigenvalue weighted by Gasteiger charge is -2.33. The van der Waals surface area contributed by atoms with E-state index in [1.165, 1.54) is 31.4 Å². The van der Waals surface area contributed by atoms with Gasteiger partial charge in [-0.25, -0.2) is 23.6 Å². The monoisotopic (exact) mass is 546 g/mol. The van der Waals surface area contributed by atoms with Gasteiger partial charge in [-0.1, -0.05) is 24.3 Å². The number of carbonyl (C=O) groups is 2. The topological polar surface area (TPSA) is 75.1 Å². The number of esters is 1. The zero-order valence-corrected chi connectivity index (χ0v) is 22.6. The van der Waals surface area contributed by atoms with Gasteiger partial charge >= 0.3 is 5.97 Å². The number of benzene rings is 2. The Labute approximate surface area is 232 Å². The second kappa shape index (κ2) is 11.6. The molecule has 0 aliphatic carbocycles. The van der Waals surface area contributed by atoms with Gasteiger partial charge in [-0.15, -0.1) is 0 Å². The molecule has 3 heterocycles. The lowest BCUT2D eigenvalue weighted by molar-refractivity contribution is -0.130. The van der Waals surface area contributed by atoms with Crippen LogP contribution in [0.2, 0.25) is 0 Å². The first-order chi connectivity index (χ1) is 19.3. The number of hydrogen-bond acceptors (Lipinski definition) is 6. The van der Waals surface area contributed by atoms with Crippen LogP contribution in [0.4, 0.5) is 8.78 Å². The summed E-state index contributed by atoms with van der Waals surface area (Å²) in [6, 6.07) is 15.3. The van der Waals surface area contributed by atoms with Gasteiger partial charge in [0.25, 0.3) is 5.91 Å². The molecule has 2 aliphatic rings. The summed E-state index contributed by atoms with van der Waals surface area (Å²) in [5.41, 5.74) is 1.13. The number of amides is 1. The number of rotatable bonds is 8. The summed E-state index contributed by atoms with van der Waals surface area (Å²) in [6.45, 7) is 4.95. The maximum absolute atomic E-state index is 14.0. The van der Waals surface area contributed by atoms with Gasteiger partial charge in [0, 0.05) is 12.7 Å². The fourth-order valence-electron chi connectivity index (χ4n) is 5.74. The van der Waals surface area contributed by atoms with E-state index in [9.17, 15) is 18.4 Å². The van der Waals surface area contributed by atoms with Crippen molar-refractivity contribution >= 4 is 17.7 Å². The molecule has 1 fully saturated rings. The Morgan fingerprint density at radius 3 is 2.15 bits per heavy atom. The van der Waals surface area contributed by atoms with Crippen molar-refractivity contribution < 1.29 is 23.1 Å². The first kappa shape index (κ1) is 27.6. The van der Waals surface area contributed by atoms with Crippen LogP contribution < -0.4 is 0 Å². The number of nitrogens with zero attached hydrogens (tertiary/aromatic N) is 4. The van der Waals surface area contributed by atoms with Gasteiger partial charge < -0.3 is 9.64 Å². The summed E-state index contributed by atoms with van der Waals surface area (Å²) < 4.78 is 32.2. The molecule has 1 aromatic heterocycles. The van der Waals surface area contributed by atoms with E-state index in [4.69, 9.17) is 9.73 Å². The van der Waals surface area contributed by atoms with E-state index in [2.05, 4.69) is 9.88 Å². The largest absolute Gasteiger partial charge is 0.464 e. The molecule has 2 aliphatic heterocycles. The summed E-state index contributed by atoms with van der Waals surface area (Å²) in [7, 11) is 1.35. The Morgan fingerprint density at radius 1 is 0.975 bits per heavy atom. The highest BCUT2D eigenvalue weighted by Crippen LogP contribution is 2.40. The smallest absolute Gasteiger partial charge is 0.356 e. The molecule has 1 amide bonds. The molecule has 0 N–H and O–H groups in total. The van der Waals surface area contributed by atoms with Gasteiger partial charge in [0.15, 0.2) is 5.54 Å². The molecule has 1 saturated heterocycles. The molecule has 0 bridgehead atoms. The first-order valence-electron chi connectivity index (χ1n) is 13.5. The van der Waals surface area contributed by atoms with E-state index in [0.717, 1.165) is 44.5 Å². The Kier molecular flexibility index (Phi) is 8.02. The van der Waals surface area contributed by atoms with Gasteiger partial charge in [0.05, 0.1) is 7.11 Å². The molecule has 2 aromatic carbocycles. The fourth-order valence-corrected chi connectivity index (χ4v) is 5.74. The highest BCUT2D eigenvalue weighted by molar-refractivity contribution is 6.09. The zero-order chi connectivity index (χ0) is 28.3. The van der Waals surface area contributed by atoms with Crippen molar-refractivity contribution in [3.63, 3.8) is 0 Å². The van der Waals surface area contributed by atoms with E-state index < -0.39 is 23.1 Å². The van der Waals surface area contributed by atoms with Crippen molar-refractivity contribution in [1.29, 1.82) is 0 Å². The summed E-state index contributed by atoms with van der Waals surface area (Å²) in [4.78, 5) is 38.8. The normalized spacial score (nSPS) is 17.6. The third kappa shape index (κ3) is 5.38. The lowest BCUT2D eigenvalue weighted by Crippen LogP contribution is -2.43. The molecule has 208 valence electrons. The molecule has 9 heteroatoms. The number of piperidine rings is 1. The van der Waals surface area contributed by atoms with Crippen LogP contribution >= 0.6 is 0 Å². The second-order valence-corrected chi connectivity index (χ2v) is 10.3. The minimum absolute atomic E-state index is 0.221. The van der Waals surface area contributed by atoms with E-state index >= 15 is 0 Å². The molecule has 0 radical (unpaired) electrons. The van der Waals surface area contributed by atoms with Crippen LogP contribution in [0.1, 0.15) is 59.3 Å². The number of amidine groups is 1. The third-order valence-electron chi connectivity index (χ3n) is 7.89. The van der Waals surface area contributed by atoms with Crippen LogP contribution in [-0.4, -0.2) is 65.8 Å². The van der Waals surface area contributed by atoms with E-state index in [1.807, 2.05) is 12.1 Å². The van der Waals surface area contributed by atoms with Crippen molar-refractivity contribution in [2.24, 2.45) is 4.99 Å². The first-order valence-corrected chi connectivity index (χ1v) is 13.5. The molecule has 40 heavy (non-hydrogen) atoms. The van der Waals surface area contributed by atoms with Crippen LogP contribution in [0.25, 0.3) is 0 Å². The van der Waals surface area contributed by atoms with Crippen LogP contribution in [-0.2, 0) is 15.1 Å². The van der Waals surface area contributed by atoms with Crippen molar-refractivity contribution in [2.45, 2.75) is 37.6 Å². The number of likely N-dealkylation sites (tertiary alicyclic amines) is 1. The van der Waals surface area contributed by atoms with Crippen molar-refractivity contribution in [1.82, 2.24) is 14.8 Å². The molecule has 0 spiro atoms. The van der Waals surface area contributed by atoms with Gasteiger partial charge in [0.2, 0.25) is 0 Å². The highest BCUT2D eigenvalue weighted by atomic mass is 19.1. The number of carbonyl (C=O) groups excluding carboxylic acids is 2. The molecular weight excluding hydrogens is 514 g/mol. The molecule has 0 saturated carbocycles. The quantitative estimate of drug-likeness (QED) is 0.375. The number of hydrogen-bond donors (Lipinski definition) is 0. The molecule has 7 nitrogen and oxygen atoms in total. The number of aliphatic imine (C=N–C) groups is 1. The predicted molar refractivity (Wildman–Crippen MR) is 147 cm³/mol. The number of methoxy groups -OCH3 is 1. The average molecular weight is 547 g/mol. The van der Waals surface area contributed by atoms with Crippen molar-refractivity contribution in [2.75, 3.05) is 33.3 Å². The van der Waals surface area contributed by atoms with E-state index in [-0.39, 0.29) is 5.91 Å². The Bertz CT molecular complexity index is 1360. The van der Waals surface area contributed by atoms with Gasteiger partial charge in [-0.3, -0.25) is 9.69 Å². The van der Waals surface area contributed by atoms with Crippen LogP contribution in [0, 0.1) is 11.6 Å². The van der Waals surface area contributed by atoms with Crippen LogP contribution in [0.15, 0.2) is 71.9 Å². The number of aromatic nitrogens is 1. The molecule has 0 atom stereocenters. The molecule has 3 aromatic rings. The standard InChI is InChI=1S/C31H32F2N4O3/c1-21-35-31(24-4-8-26(32)9-5-24,25-6-10-27(33)11-7-25)30(39)37(21)17-3-16-36-18-13-22(14-19-36)23-12-15-34-28(20-23)29(38)40-2/h4-12,15,20,22H,3,13-14,16-19H2,1-2H3. The Balaban J connectivity index is 1.22. The molecular formula is C31H32F2N4O3. The predicted octanol–water partition coefficient (Wildman–Crippen LogP) is 4.92. The minimum atomic E-state index is -1.38. The van der Waals surface area contributed by atoms with Gasteiger partial charge in [-0.2, -0.15) is 0 Å². The average Bonchev–Trinajstić information content (AvgIpc) is 3.23. The van der Waals surface area contributed by atoms with Crippen LogP contribution in [0.5, 0.6) is 0 Å². The second-order valence-electron chi connectivity index (χ2n) is 10.3. The maximum atomic E-state index is 14.0. The summed E-state index contributed by atoms with van der Waals surface area (Å²) >= 11 is 0. The summed E-state index contributed by atoms with van der Waals surface area (Å²) in [5.74, 6) is -0.533. The highest BCUT2D eigenvalue weighted by Gasteiger charge is 2.49. The number of ether oxygens (including phenoxy) is 1. The van der Waals surface area contributed by atoms with Gasteiger partial charge in [0.1, 0.15) is 23.2 Å². The Hall–Kier alpha value is -3.98. The molecule has 0 unspecified atom stereocenters. The van der Waals surface area contributed by atoms with E-state index in [0.29, 0.717) is 35.1 Å². The Morgan fingerprint density at radius 2 is 1.57 bits per heavy atom. The SMILES string of the molecule is COC(=O)c1cc(C2CCN(CCCN3C(=O)C(c4ccc(F)cc4)(c4ccc(F)cc4)N=C3C)CC2)ccn1. The van der Waals surface area contributed by atoms with Crippen molar-refractivity contribution in [3.05, 3.63) is 101 Å². The fraction of sp³-hybridized carbons (Fsp3) is 0.355. The van der Waals surface area contributed by atoms with E-state index in [1.54, 1.807) is 42.3 Å². The summed E-state index contributed by atoms with van der Waals surface area (Å²) in [6.07, 6.45) is 4.34. The third-order valence-corrected chi connectivity index (χ3v) is 7.89.